The lowest BCUT2D eigenvalue weighted by Crippen LogP contribution is -2.39. The number of rotatable bonds is 5. The van der Waals surface area contributed by atoms with Crippen LogP contribution in [0.4, 0.5) is 0 Å². The first-order chi connectivity index (χ1) is 14.9. The Morgan fingerprint density at radius 3 is 2.52 bits per heavy atom. The van der Waals surface area contributed by atoms with Gasteiger partial charge in [-0.2, -0.15) is 5.10 Å². The molecule has 0 atom stereocenters. The lowest BCUT2D eigenvalue weighted by Gasteiger charge is -2.29. The van der Waals surface area contributed by atoms with Gasteiger partial charge in [-0.15, -0.1) is 10.2 Å². The first-order valence-electron chi connectivity index (χ1n) is 10.4. The molecule has 10 nitrogen and oxygen atoms in total. The number of nitrogens with one attached hydrogen (secondary N) is 1. The molecule has 1 saturated carbocycles. The smallest absolute Gasteiger partial charge is 0.267 e. The van der Waals surface area contributed by atoms with Gasteiger partial charge in [0.2, 0.25) is 5.88 Å². The summed E-state index contributed by atoms with van der Waals surface area (Å²) in [5.41, 5.74) is 2.16. The van der Waals surface area contributed by atoms with Crippen molar-refractivity contribution in [3.8, 4) is 11.7 Å². The molecule has 0 bridgehead atoms. The van der Waals surface area contributed by atoms with E-state index >= 15 is 0 Å². The molecule has 0 aliphatic heterocycles. The second-order valence-corrected chi connectivity index (χ2v) is 8.02. The molecule has 164 valence electrons. The van der Waals surface area contributed by atoms with Crippen molar-refractivity contribution in [1.82, 2.24) is 34.7 Å². The maximum absolute atomic E-state index is 12.6. The first kappa shape index (κ1) is 20.8. The number of nitrogens with zero attached hydrogens (tertiary/aromatic N) is 6. The Hall–Kier alpha value is -3.43. The van der Waals surface area contributed by atoms with E-state index in [0.29, 0.717) is 17.3 Å². The molecule has 10 heteroatoms. The number of hydrogen-bond acceptors (Lipinski definition) is 6. The molecular formula is C21H27N7O3. The summed E-state index contributed by atoms with van der Waals surface area (Å²) in [6.45, 7) is 3.89. The summed E-state index contributed by atoms with van der Waals surface area (Å²) in [7, 11) is 3.24. The fourth-order valence-corrected chi connectivity index (χ4v) is 4.15. The van der Waals surface area contributed by atoms with Gasteiger partial charge in [-0.25, -0.2) is 9.36 Å². The highest BCUT2D eigenvalue weighted by molar-refractivity contribution is 5.96. The van der Waals surface area contributed by atoms with Crippen molar-refractivity contribution in [3.05, 3.63) is 51.7 Å². The number of carbonyl (C=O) groups excluding carboxylic acids is 1. The van der Waals surface area contributed by atoms with Crippen molar-refractivity contribution in [2.75, 3.05) is 7.11 Å². The van der Waals surface area contributed by atoms with Gasteiger partial charge in [0.1, 0.15) is 5.56 Å². The van der Waals surface area contributed by atoms with Crippen LogP contribution in [0.15, 0.2) is 29.2 Å². The Kier molecular flexibility index (Phi) is 5.62. The van der Waals surface area contributed by atoms with Crippen molar-refractivity contribution < 1.29 is 9.53 Å². The standard InChI is InChI=1S/C21H27N7O3/c1-13-11-14(2)27(23-13)18-9-10-19(29)28(24-18)16-7-5-15(6-8-16)22-20(30)17-12-26(3)25-21(17)31-4/h9-12,15-16H,5-8H2,1-4H3,(H,22,30). The molecular weight excluding hydrogens is 398 g/mol. The van der Waals surface area contributed by atoms with Gasteiger partial charge in [-0.3, -0.25) is 14.3 Å². The van der Waals surface area contributed by atoms with E-state index < -0.39 is 0 Å². The monoisotopic (exact) mass is 425 g/mol. The van der Waals surface area contributed by atoms with Gasteiger partial charge >= 0.3 is 0 Å². The highest BCUT2D eigenvalue weighted by Crippen LogP contribution is 2.28. The second kappa shape index (κ2) is 8.37. The summed E-state index contributed by atoms with van der Waals surface area (Å²) in [4.78, 5) is 25.1. The normalized spacial score (nSPS) is 18.7. The third kappa shape index (κ3) is 4.23. The third-order valence-corrected chi connectivity index (χ3v) is 5.65. The minimum atomic E-state index is -0.199. The van der Waals surface area contributed by atoms with Crippen LogP contribution in [0.2, 0.25) is 0 Å². The van der Waals surface area contributed by atoms with Gasteiger partial charge in [0.05, 0.1) is 18.8 Å². The summed E-state index contributed by atoms with van der Waals surface area (Å²) in [5.74, 6) is 0.741. The van der Waals surface area contributed by atoms with E-state index in [1.54, 1.807) is 39.4 Å². The molecule has 31 heavy (non-hydrogen) atoms. The van der Waals surface area contributed by atoms with Crippen molar-refractivity contribution in [2.45, 2.75) is 51.6 Å². The minimum Gasteiger partial charge on any atom is -0.479 e. The van der Waals surface area contributed by atoms with Crippen molar-refractivity contribution in [2.24, 2.45) is 7.05 Å². The minimum absolute atomic E-state index is 0.00880. The van der Waals surface area contributed by atoms with E-state index in [9.17, 15) is 9.59 Å². The number of aryl methyl sites for hydroxylation is 3. The molecule has 0 aromatic carbocycles. The molecule has 0 unspecified atom stereocenters. The number of hydrogen-bond donors (Lipinski definition) is 1. The average Bonchev–Trinajstić information content (AvgIpc) is 3.30. The van der Waals surface area contributed by atoms with Crippen LogP contribution in [0.5, 0.6) is 5.88 Å². The topological polar surface area (TPSA) is 109 Å². The Labute approximate surface area is 179 Å². The second-order valence-electron chi connectivity index (χ2n) is 8.02. The number of ether oxygens (including phenoxy) is 1. The van der Waals surface area contributed by atoms with E-state index in [2.05, 4.69) is 20.6 Å². The van der Waals surface area contributed by atoms with Crippen molar-refractivity contribution in [1.29, 1.82) is 0 Å². The zero-order valence-electron chi connectivity index (χ0n) is 18.2. The van der Waals surface area contributed by atoms with Gasteiger partial charge in [0, 0.05) is 31.0 Å². The summed E-state index contributed by atoms with van der Waals surface area (Å²) >= 11 is 0. The van der Waals surface area contributed by atoms with Crippen LogP contribution in [0, 0.1) is 13.8 Å². The number of methoxy groups -OCH3 is 1. The summed E-state index contributed by atoms with van der Waals surface area (Å²) in [6, 6.07) is 5.24. The van der Waals surface area contributed by atoms with E-state index in [4.69, 9.17) is 4.74 Å². The molecule has 0 saturated heterocycles. The lowest BCUT2D eigenvalue weighted by atomic mass is 9.91. The predicted molar refractivity (Wildman–Crippen MR) is 114 cm³/mol. The zero-order valence-corrected chi connectivity index (χ0v) is 18.2. The highest BCUT2D eigenvalue weighted by atomic mass is 16.5. The maximum Gasteiger partial charge on any atom is 0.267 e. The van der Waals surface area contributed by atoms with Crippen LogP contribution < -0.4 is 15.6 Å². The van der Waals surface area contributed by atoms with Gasteiger partial charge in [-0.05, 0) is 51.7 Å². The Morgan fingerprint density at radius 1 is 1.13 bits per heavy atom. The summed E-state index contributed by atoms with van der Waals surface area (Å²) in [6.07, 6.45) is 4.67. The molecule has 1 amide bonds. The van der Waals surface area contributed by atoms with Gasteiger partial charge in [-0.1, -0.05) is 0 Å². The maximum atomic E-state index is 12.6. The van der Waals surface area contributed by atoms with Crippen molar-refractivity contribution in [3.63, 3.8) is 0 Å². The lowest BCUT2D eigenvalue weighted by molar-refractivity contribution is 0.0918. The van der Waals surface area contributed by atoms with Crippen LogP contribution in [0.25, 0.3) is 5.82 Å². The van der Waals surface area contributed by atoms with Crippen LogP contribution in [-0.2, 0) is 7.05 Å². The molecule has 3 aromatic heterocycles. The highest BCUT2D eigenvalue weighted by Gasteiger charge is 2.27. The van der Waals surface area contributed by atoms with Gasteiger partial charge in [0.15, 0.2) is 5.82 Å². The third-order valence-electron chi connectivity index (χ3n) is 5.65. The Morgan fingerprint density at radius 2 is 1.87 bits per heavy atom. The summed E-state index contributed by atoms with van der Waals surface area (Å²) < 4.78 is 10.0. The van der Waals surface area contributed by atoms with Crippen LogP contribution in [0.3, 0.4) is 0 Å². The van der Waals surface area contributed by atoms with Crippen LogP contribution in [0.1, 0.15) is 53.5 Å². The molecule has 1 fully saturated rings. The quantitative estimate of drug-likeness (QED) is 0.666. The average molecular weight is 425 g/mol. The number of carbonyl (C=O) groups is 1. The molecule has 3 aromatic rings. The van der Waals surface area contributed by atoms with E-state index in [1.807, 2.05) is 19.9 Å². The Bertz CT molecular complexity index is 1150. The fraction of sp³-hybridized carbons (Fsp3) is 0.476. The molecule has 0 radical (unpaired) electrons. The molecule has 4 rings (SSSR count). The molecule has 1 aliphatic carbocycles. The Balaban J connectivity index is 1.44. The van der Waals surface area contributed by atoms with E-state index in [1.165, 1.54) is 7.11 Å². The number of aromatic nitrogens is 6. The van der Waals surface area contributed by atoms with Crippen molar-refractivity contribution >= 4 is 5.91 Å². The van der Waals surface area contributed by atoms with Crippen LogP contribution in [-0.4, -0.2) is 48.4 Å². The molecule has 1 N–H and O–H groups in total. The summed E-state index contributed by atoms with van der Waals surface area (Å²) in [5, 5.41) is 16.2. The number of amides is 1. The molecule has 0 spiro atoms. The van der Waals surface area contributed by atoms with Crippen LogP contribution >= 0.6 is 0 Å². The predicted octanol–water partition coefficient (Wildman–Crippen LogP) is 1.70. The van der Waals surface area contributed by atoms with Gasteiger partial charge < -0.3 is 10.1 Å². The largest absolute Gasteiger partial charge is 0.479 e. The molecule has 1 aliphatic rings. The SMILES string of the molecule is COc1nn(C)cc1C(=O)NC1CCC(n2nc(-n3nc(C)cc3C)ccc2=O)CC1. The van der Waals surface area contributed by atoms with E-state index in [0.717, 1.165) is 37.1 Å². The fourth-order valence-electron chi connectivity index (χ4n) is 4.15. The van der Waals surface area contributed by atoms with Gasteiger partial charge in [0.25, 0.3) is 11.5 Å². The first-order valence-corrected chi connectivity index (χ1v) is 10.4. The van der Waals surface area contributed by atoms with E-state index in [-0.39, 0.29) is 23.6 Å². The zero-order chi connectivity index (χ0) is 22.1. The molecule has 3 heterocycles.